The van der Waals surface area contributed by atoms with Crippen molar-refractivity contribution in [1.82, 2.24) is 15.5 Å². The molecule has 1 aliphatic heterocycles. The first-order valence-corrected chi connectivity index (χ1v) is 10.0. The highest BCUT2D eigenvalue weighted by atomic mass is 16.2. The summed E-state index contributed by atoms with van der Waals surface area (Å²) in [5.41, 5.74) is 3.08. The molecule has 0 unspecified atom stereocenters. The smallest absolute Gasteiger partial charge is 0.325 e. The van der Waals surface area contributed by atoms with Gasteiger partial charge < -0.3 is 10.6 Å². The van der Waals surface area contributed by atoms with Crippen molar-refractivity contribution in [3.63, 3.8) is 0 Å². The van der Waals surface area contributed by atoms with E-state index >= 15 is 0 Å². The molecule has 1 saturated carbocycles. The number of rotatable bonds is 4. The normalized spacial score (nSPS) is 21.9. The van der Waals surface area contributed by atoms with E-state index in [0.29, 0.717) is 12.8 Å². The number of carbonyl (C=O) groups excluding carboxylic acids is 3. The summed E-state index contributed by atoms with van der Waals surface area (Å²) in [7, 11) is 0. The molecular formula is C21H27N3O3. The number of nitrogens with one attached hydrogen (secondary N) is 2. The van der Waals surface area contributed by atoms with E-state index < -0.39 is 11.6 Å². The van der Waals surface area contributed by atoms with Crippen LogP contribution in [0.1, 0.15) is 68.2 Å². The molecule has 27 heavy (non-hydrogen) atoms. The van der Waals surface area contributed by atoms with Gasteiger partial charge in [0.05, 0.1) is 6.04 Å². The average molecular weight is 369 g/mol. The highest BCUT2D eigenvalue weighted by molar-refractivity contribution is 6.09. The Labute approximate surface area is 159 Å². The monoisotopic (exact) mass is 369 g/mol. The molecule has 0 aromatic heterocycles. The number of carbonyl (C=O) groups is 3. The molecule has 1 saturated heterocycles. The predicted molar refractivity (Wildman–Crippen MR) is 101 cm³/mol. The van der Waals surface area contributed by atoms with Crippen LogP contribution in [0.2, 0.25) is 0 Å². The fourth-order valence-electron chi connectivity index (χ4n) is 4.67. The van der Waals surface area contributed by atoms with Crippen molar-refractivity contribution >= 4 is 17.8 Å². The second-order valence-electron chi connectivity index (χ2n) is 8.14. The van der Waals surface area contributed by atoms with Crippen LogP contribution < -0.4 is 10.6 Å². The Hall–Kier alpha value is -2.37. The number of fused-ring (bicyclic) bond motifs is 1. The second-order valence-corrected chi connectivity index (χ2v) is 8.14. The van der Waals surface area contributed by atoms with Gasteiger partial charge in [0.15, 0.2) is 0 Å². The van der Waals surface area contributed by atoms with E-state index in [1.165, 1.54) is 24.0 Å². The maximum Gasteiger partial charge on any atom is 0.325 e. The molecular weight excluding hydrogens is 342 g/mol. The van der Waals surface area contributed by atoms with Crippen molar-refractivity contribution < 1.29 is 14.4 Å². The summed E-state index contributed by atoms with van der Waals surface area (Å²) >= 11 is 0. The van der Waals surface area contributed by atoms with Gasteiger partial charge in [-0.25, -0.2) is 4.79 Å². The number of amides is 4. The van der Waals surface area contributed by atoms with E-state index in [2.05, 4.69) is 28.8 Å². The third kappa shape index (κ3) is 3.33. The Morgan fingerprint density at radius 3 is 2.59 bits per heavy atom. The van der Waals surface area contributed by atoms with Gasteiger partial charge in [0, 0.05) is 0 Å². The Morgan fingerprint density at radius 1 is 1.15 bits per heavy atom. The topological polar surface area (TPSA) is 78.5 Å². The first-order valence-electron chi connectivity index (χ1n) is 10.0. The molecule has 1 atom stereocenters. The number of aryl methyl sites for hydroxylation is 2. The van der Waals surface area contributed by atoms with E-state index in [1.807, 2.05) is 6.92 Å². The van der Waals surface area contributed by atoms with Crippen LogP contribution in [0, 0.1) is 0 Å². The van der Waals surface area contributed by atoms with Crippen LogP contribution in [0.5, 0.6) is 0 Å². The van der Waals surface area contributed by atoms with Crippen molar-refractivity contribution in [2.45, 2.75) is 69.9 Å². The average Bonchev–Trinajstić information content (AvgIpc) is 3.22. The Morgan fingerprint density at radius 2 is 1.85 bits per heavy atom. The van der Waals surface area contributed by atoms with Crippen LogP contribution in [0.25, 0.3) is 0 Å². The first-order chi connectivity index (χ1) is 13.0. The minimum Gasteiger partial charge on any atom is -0.348 e. The van der Waals surface area contributed by atoms with Gasteiger partial charge in [-0.3, -0.25) is 14.5 Å². The van der Waals surface area contributed by atoms with E-state index in [4.69, 9.17) is 0 Å². The summed E-state index contributed by atoms with van der Waals surface area (Å²) in [6, 6.07) is 5.80. The number of hydrogen-bond donors (Lipinski definition) is 2. The van der Waals surface area contributed by atoms with Crippen LogP contribution in [0.4, 0.5) is 4.79 Å². The Kier molecular flexibility index (Phi) is 4.66. The minimum atomic E-state index is -0.762. The third-order valence-electron chi connectivity index (χ3n) is 6.25. The lowest BCUT2D eigenvalue weighted by molar-refractivity contribution is -0.135. The van der Waals surface area contributed by atoms with Crippen molar-refractivity contribution in [1.29, 1.82) is 0 Å². The highest BCUT2D eigenvalue weighted by Crippen LogP contribution is 2.35. The van der Waals surface area contributed by atoms with Gasteiger partial charge in [-0.1, -0.05) is 31.0 Å². The predicted octanol–water partition coefficient (Wildman–Crippen LogP) is 2.61. The SMILES string of the molecule is C[C@H](NC(=O)CN1C(=O)NC2(CCCC2)C1=O)c1ccc2c(c1)CCCC2. The molecule has 2 fully saturated rings. The largest absolute Gasteiger partial charge is 0.348 e. The van der Waals surface area contributed by atoms with Gasteiger partial charge >= 0.3 is 6.03 Å². The molecule has 6 nitrogen and oxygen atoms in total. The highest BCUT2D eigenvalue weighted by Gasteiger charge is 2.52. The summed E-state index contributed by atoms with van der Waals surface area (Å²) in [6.07, 6.45) is 7.88. The summed E-state index contributed by atoms with van der Waals surface area (Å²) < 4.78 is 0. The molecule has 0 bridgehead atoms. The lowest BCUT2D eigenvalue weighted by atomic mass is 9.89. The number of nitrogens with zero attached hydrogens (tertiary/aromatic N) is 1. The van der Waals surface area contributed by atoms with Crippen LogP contribution in [-0.4, -0.2) is 34.8 Å². The summed E-state index contributed by atoms with van der Waals surface area (Å²) in [5.74, 6) is -0.555. The van der Waals surface area contributed by atoms with Gasteiger partial charge in [-0.05, 0) is 62.1 Å². The number of hydrogen-bond acceptors (Lipinski definition) is 3. The van der Waals surface area contributed by atoms with Crippen molar-refractivity contribution in [2.75, 3.05) is 6.54 Å². The van der Waals surface area contributed by atoms with Crippen molar-refractivity contribution in [3.8, 4) is 0 Å². The summed E-state index contributed by atoms with van der Waals surface area (Å²) in [5, 5.41) is 5.75. The second kappa shape index (κ2) is 6.98. The molecule has 2 aliphatic carbocycles. The van der Waals surface area contributed by atoms with Gasteiger partial charge in [0.1, 0.15) is 12.1 Å². The molecule has 4 rings (SSSR count). The van der Waals surface area contributed by atoms with E-state index in [0.717, 1.165) is 36.1 Å². The molecule has 1 aromatic carbocycles. The molecule has 2 N–H and O–H groups in total. The van der Waals surface area contributed by atoms with Gasteiger partial charge in [0.2, 0.25) is 5.91 Å². The fourth-order valence-corrected chi connectivity index (χ4v) is 4.67. The van der Waals surface area contributed by atoms with Crippen molar-refractivity contribution in [3.05, 3.63) is 34.9 Å². The van der Waals surface area contributed by atoms with Crippen LogP contribution >= 0.6 is 0 Å². The van der Waals surface area contributed by atoms with Crippen LogP contribution in [0.3, 0.4) is 0 Å². The summed E-state index contributed by atoms with van der Waals surface area (Å²) in [4.78, 5) is 38.4. The zero-order valence-electron chi connectivity index (χ0n) is 15.8. The standard InChI is InChI=1S/C21H27N3O3/c1-14(16-9-8-15-6-2-3-7-17(15)12-16)22-18(25)13-24-19(26)21(23-20(24)27)10-4-5-11-21/h8-9,12,14H,2-7,10-11,13H2,1H3,(H,22,25)(H,23,27)/t14-/m0/s1. The number of imide groups is 1. The zero-order chi connectivity index (χ0) is 19.0. The molecule has 1 spiro atoms. The number of urea groups is 1. The van der Waals surface area contributed by atoms with Gasteiger partial charge in [-0.2, -0.15) is 0 Å². The van der Waals surface area contributed by atoms with E-state index in [1.54, 1.807) is 0 Å². The minimum absolute atomic E-state index is 0.161. The molecule has 3 aliphatic rings. The summed E-state index contributed by atoms with van der Waals surface area (Å²) in [6.45, 7) is 1.72. The van der Waals surface area contributed by atoms with Crippen LogP contribution in [0.15, 0.2) is 18.2 Å². The van der Waals surface area contributed by atoms with Crippen LogP contribution in [-0.2, 0) is 22.4 Å². The van der Waals surface area contributed by atoms with Gasteiger partial charge in [-0.15, -0.1) is 0 Å². The maximum absolute atomic E-state index is 12.7. The zero-order valence-corrected chi connectivity index (χ0v) is 15.8. The maximum atomic E-state index is 12.7. The van der Waals surface area contributed by atoms with E-state index in [9.17, 15) is 14.4 Å². The third-order valence-corrected chi connectivity index (χ3v) is 6.25. The Balaban J connectivity index is 1.39. The fraction of sp³-hybridized carbons (Fsp3) is 0.571. The lowest BCUT2D eigenvalue weighted by Crippen LogP contribution is -2.45. The number of benzene rings is 1. The van der Waals surface area contributed by atoms with Gasteiger partial charge in [0.25, 0.3) is 5.91 Å². The Bertz CT molecular complexity index is 783. The molecule has 4 amide bonds. The molecule has 6 heteroatoms. The molecule has 144 valence electrons. The van der Waals surface area contributed by atoms with Crippen molar-refractivity contribution in [2.24, 2.45) is 0 Å². The quantitative estimate of drug-likeness (QED) is 0.801. The van der Waals surface area contributed by atoms with E-state index in [-0.39, 0.29) is 24.4 Å². The molecule has 1 heterocycles. The molecule has 0 radical (unpaired) electrons. The molecule has 1 aromatic rings. The first kappa shape index (κ1) is 18.0. The lowest BCUT2D eigenvalue weighted by Gasteiger charge is -2.22.